The quantitative estimate of drug-likeness (QED) is 0.693. The number of aromatic nitrogens is 1. The molecule has 0 unspecified atom stereocenters. The first-order valence-electron chi connectivity index (χ1n) is 6.74. The highest BCUT2D eigenvalue weighted by atomic mass is 19.1. The molecule has 21 heavy (non-hydrogen) atoms. The molecule has 0 aliphatic heterocycles. The largest absolute Gasteiger partial charge is 0.345 e. The van der Waals surface area contributed by atoms with Crippen molar-refractivity contribution in [3.63, 3.8) is 0 Å². The van der Waals surface area contributed by atoms with Crippen LogP contribution < -0.4 is 4.90 Å². The van der Waals surface area contributed by atoms with Gasteiger partial charge < -0.3 is 4.90 Å². The van der Waals surface area contributed by atoms with E-state index >= 15 is 0 Å². The lowest BCUT2D eigenvalue weighted by Crippen LogP contribution is -2.09. The molecule has 0 saturated heterocycles. The summed E-state index contributed by atoms with van der Waals surface area (Å²) >= 11 is 0. The third-order valence-corrected chi connectivity index (χ3v) is 3.46. The number of hydrogen-bond acceptors (Lipinski definition) is 2. The highest BCUT2D eigenvalue weighted by Crippen LogP contribution is 2.26. The summed E-state index contributed by atoms with van der Waals surface area (Å²) in [5.41, 5.74) is 4.22. The highest BCUT2D eigenvalue weighted by molar-refractivity contribution is 5.68. The fraction of sp³-hybridized carbons (Fsp3) is 0.0556. The molecule has 0 amide bonds. The Morgan fingerprint density at radius 3 is 2.00 bits per heavy atom. The average Bonchev–Trinajstić information content (AvgIpc) is 2.56. The minimum absolute atomic E-state index is 0.223. The van der Waals surface area contributed by atoms with Gasteiger partial charge in [0, 0.05) is 30.8 Å². The van der Waals surface area contributed by atoms with E-state index in [1.807, 2.05) is 42.4 Å². The van der Waals surface area contributed by atoms with Gasteiger partial charge in [-0.2, -0.15) is 0 Å². The number of rotatable bonds is 3. The molecule has 0 bridgehead atoms. The van der Waals surface area contributed by atoms with Crippen LogP contribution in [-0.4, -0.2) is 12.0 Å². The first kappa shape index (κ1) is 13.3. The summed E-state index contributed by atoms with van der Waals surface area (Å²) in [7, 11) is 1.96. The van der Waals surface area contributed by atoms with Gasteiger partial charge in [0.05, 0.1) is 0 Å². The van der Waals surface area contributed by atoms with Crippen molar-refractivity contribution >= 4 is 11.4 Å². The predicted molar refractivity (Wildman–Crippen MR) is 84.1 cm³/mol. The van der Waals surface area contributed by atoms with Gasteiger partial charge in [-0.3, -0.25) is 4.98 Å². The van der Waals surface area contributed by atoms with Crippen LogP contribution in [0.1, 0.15) is 0 Å². The highest BCUT2D eigenvalue weighted by Gasteiger charge is 2.05. The molecule has 3 heteroatoms. The van der Waals surface area contributed by atoms with Crippen LogP contribution in [0.4, 0.5) is 15.8 Å². The van der Waals surface area contributed by atoms with Crippen molar-refractivity contribution in [1.82, 2.24) is 4.98 Å². The minimum Gasteiger partial charge on any atom is -0.345 e. The maximum atomic E-state index is 13.0. The number of benzene rings is 2. The molecule has 0 aliphatic rings. The lowest BCUT2D eigenvalue weighted by atomic mass is 10.1. The van der Waals surface area contributed by atoms with Crippen LogP contribution in [0.15, 0.2) is 73.1 Å². The molecule has 0 spiro atoms. The van der Waals surface area contributed by atoms with E-state index < -0.39 is 0 Å². The second kappa shape index (κ2) is 5.75. The fourth-order valence-corrected chi connectivity index (χ4v) is 2.22. The summed E-state index contributed by atoms with van der Waals surface area (Å²) < 4.78 is 13.0. The molecule has 0 saturated carbocycles. The van der Waals surface area contributed by atoms with Crippen LogP contribution in [0, 0.1) is 5.82 Å². The zero-order valence-electron chi connectivity index (χ0n) is 11.7. The van der Waals surface area contributed by atoms with E-state index in [1.165, 1.54) is 12.1 Å². The lowest BCUT2D eigenvalue weighted by Gasteiger charge is -2.19. The van der Waals surface area contributed by atoms with Crippen molar-refractivity contribution in [3.05, 3.63) is 78.9 Å². The summed E-state index contributed by atoms with van der Waals surface area (Å²) in [5.74, 6) is -0.223. The number of halogens is 1. The number of pyridine rings is 1. The molecule has 1 aromatic heterocycles. The topological polar surface area (TPSA) is 16.1 Å². The maximum absolute atomic E-state index is 13.0. The van der Waals surface area contributed by atoms with Gasteiger partial charge in [0.25, 0.3) is 0 Å². The van der Waals surface area contributed by atoms with Crippen LogP contribution in [0.2, 0.25) is 0 Å². The lowest BCUT2D eigenvalue weighted by molar-refractivity contribution is 0.628. The Balaban J connectivity index is 1.85. The monoisotopic (exact) mass is 278 g/mol. The summed E-state index contributed by atoms with van der Waals surface area (Å²) in [4.78, 5) is 6.15. The zero-order valence-corrected chi connectivity index (χ0v) is 11.7. The zero-order chi connectivity index (χ0) is 14.7. The normalized spacial score (nSPS) is 10.4. The van der Waals surface area contributed by atoms with Crippen molar-refractivity contribution in [2.45, 2.75) is 0 Å². The predicted octanol–water partition coefficient (Wildman–Crippen LogP) is 4.66. The van der Waals surface area contributed by atoms with Crippen molar-refractivity contribution in [1.29, 1.82) is 0 Å². The Morgan fingerprint density at radius 1 is 0.810 bits per heavy atom. The molecule has 2 nitrogen and oxygen atoms in total. The van der Waals surface area contributed by atoms with Gasteiger partial charge in [-0.25, -0.2) is 4.39 Å². The van der Waals surface area contributed by atoms with Crippen LogP contribution >= 0.6 is 0 Å². The molecular weight excluding hydrogens is 263 g/mol. The SMILES string of the molecule is CN(c1ccc(F)cc1)c1ccc(-c2cccnc2)cc1. The van der Waals surface area contributed by atoms with E-state index in [4.69, 9.17) is 0 Å². The standard InChI is InChI=1S/C18H15FN2/c1-21(18-10-6-16(19)7-11-18)17-8-4-14(5-9-17)15-3-2-12-20-13-15/h2-13H,1H3. The molecule has 3 rings (SSSR count). The molecule has 3 aromatic rings. The molecule has 104 valence electrons. The van der Waals surface area contributed by atoms with Crippen LogP contribution in [0.5, 0.6) is 0 Å². The van der Waals surface area contributed by atoms with Gasteiger partial charge in [0.15, 0.2) is 0 Å². The van der Waals surface area contributed by atoms with Gasteiger partial charge in [-0.15, -0.1) is 0 Å². The molecule has 1 heterocycles. The van der Waals surface area contributed by atoms with Crippen LogP contribution in [0.3, 0.4) is 0 Å². The van der Waals surface area contributed by atoms with Gasteiger partial charge in [0.1, 0.15) is 5.82 Å². The number of anilines is 2. The van der Waals surface area contributed by atoms with E-state index in [0.29, 0.717) is 0 Å². The van der Waals surface area contributed by atoms with Gasteiger partial charge in [0.2, 0.25) is 0 Å². The van der Waals surface area contributed by atoms with Crippen LogP contribution in [0.25, 0.3) is 11.1 Å². The smallest absolute Gasteiger partial charge is 0.123 e. The Hall–Kier alpha value is -2.68. The first-order chi connectivity index (χ1) is 10.2. The summed E-state index contributed by atoms with van der Waals surface area (Å²) in [6.45, 7) is 0. The molecule has 0 atom stereocenters. The van der Waals surface area contributed by atoms with E-state index in [-0.39, 0.29) is 5.82 Å². The maximum Gasteiger partial charge on any atom is 0.123 e. The minimum atomic E-state index is -0.223. The first-order valence-corrected chi connectivity index (χ1v) is 6.74. The summed E-state index contributed by atoms with van der Waals surface area (Å²) in [6, 6.07) is 18.6. The fourth-order valence-electron chi connectivity index (χ4n) is 2.22. The van der Waals surface area contributed by atoms with Gasteiger partial charge in [-0.1, -0.05) is 18.2 Å². The van der Waals surface area contributed by atoms with Crippen molar-refractivity contribution < 1.29 is 4.39 Å². The molecular formula is C18H15FN2. The van der Waals surface area contributed by atoms with E-state index in [2.05, 4.69) is 17.1 Å². The van der Waals surface area contributed by atoms with Crippen molar-refractivity contribution in [2.24, 2.45) is 0 Å². The van der Waals surface area contributed by atoms with Crippen LogP contribution in [-0.2, 0) is 0 Å². The van der Waals surface area contributed by atoms with Gasteiger partial charge in [-0.05, 0) is 53.6 Å². The Morgan fingerprint density at radius 2 is 1.43 bits per heavy atom. The molecule has 0 aliphatic carbocycles. The van der Waals surface area contributed by atoms with E-state index in [9.17, 15) is 4.39 Å². The second-order valence-electron chi connectivity index (χ2n) is 4.82. The molecule has 2 aromatic carbocycles. The Kier molecular flexibility index (Phi) is 3.65. The second-order valence-corrected chi connectivity index (χ2v) is 4.82. The van der Waals surface area contributed by atoms with Gasteiger partial charge >= 0.3 is 0 Å². The number of hydrogen-bond donors (Lipinski definition) is 0. The van der Waals surface area contributed by atoms with E-state index in [1.54, 1.807) is 18.3 Å². The number of nitrogens with zero attached hydrogens (tertiary/aromatic N) is 2. The third-order valence-electron chi connectivity index (χ3n) is 3.46. The van der Waals surface area contributed by atoms with Crippen molar-refractivity contribution in [3.8, 4) is 11.1 Å². The Bertz CT molecular complexity index is 706. The summed E-state index contributed by atoms with van der Waals surface area (Å²) in [6.07, 6.45) is 3.61. The third kappa shape index (κ3) is 2.92. The van der Waals surface area contributed by atoms with Crippen molar-refractivity contribution in [2.75, 3.05) is 11.9 Å². The Labute approximate surface area is 123 Å². The average molecular weight is 278 g/mol. The molecule has 0 fully saturated rings. The molecule has 0 radical (unpaired) electrons. The van der Waals surface area contributed by atoms with E-state index in [0.717, 1.165) is 22.5 Å². The molecule has 0 N–H and O–H groups in total. The summed E-state index contributed by atoms with van der Waals surface area (Å²) in [5, 5.41) is 0.